The summed E-state index contributed by atoms with van der Waals surface area (Å²) in [4.78, 5) is 29.2. The molecule has 1 heterocycles. The van der Waals surface area contributed by atoms with Crippen LogP contribution in [0.15, 0.2) is 94.7 Å². The highest BCUT2D eigenvalue weighted by molar-refractivity contribution is 7.85. The van der Waals surface area contributed by atoms with Gasteiger partial charge in [0.15, 0.2) is 0 Å². The van der Waals surface area contributed by atoms with E-state index < -0.39 is 16.7 Å². The zero-order valence-electron chi connectivity index (χ0n) is 18.5. The maximum Gasteiger partial charge on any atom is 0.259 e. The molecule has 0 unspecified atom stereocenters. The van der Waals surface area contributed by atoms with Crippen LogP contribution in [0.2, 0.25) is 15.1 Å². The van der Waals surface area contributed by atoms with E-state index in [9.17, 15) is 13.8 Å². The first-order valence-corrected chi connectivity index (χ1v) is 13.1. The summed E-state index contributed by atoms with van der Waals surface area (Å²) in [6, 6.07) is 23.6. The number of hydrogen-bond donors (Lipinski definition) is 1. The minimum Gasteiger partial charge on any atom is -0.321 e. The summed E-state index contributed by atoms with van der Waals surface area (Å²) >= 11 is 18.5. The standard InChI is InChI=1S/C27H17Cl3N2O3S/c28-18-6-3-5-16(13-18)15-32-22-14-17(26(33)31-21-9-4-8-20(29)25(21)30)11-12-24(22)36(35)23-10-2-1-7-19(23)27(32)34/h1-14H,15H2,(H,31,33)/t36-/m1/s1. The van der Waals surface area contributed by atoms with Gasteiger partial charge in [0, 0.05) is 10.6 Å². The third-order valence-electron chi connectivity index (χ3n) is 5.70. The molecule has 4 aromatic carbocycles. The van der Waals surface area contributed by atoms with Crippen molar-refractivity contribution in [1.82, 2.24) is 0 Å². The quantitative estimate of drug-likeness (QED) is 0.289. The van der Waals surface area contributed by atoms with E-state index in [4.69, 9.17) is 34.8 Å². The first kappa shape index (κ1) is 24.5. The number of rotatable bonds is 4. The largest absolute Gasteiger partial charge is 0.321 e. The number of nitrogens with zero attached hydrogens (tertiary/aromatic N) is 1. The molecule has 0 radical (unpaired) electrons. The molecule has 5 rings (SSSR count). The Labute approximate surface area is 225 Å². The Kier molecular flexibility index (Phi) is 6.86. The Hall–Kier alpha value is -3.16. The van der Waals surface area contributed by atoms with Crippen LogP contribution in [0, 0.1) is 0 Å². The molecule has 2 amide bonds. The van der Waals surface area contributed by atoms with Gasteiger partial charge in [0.1, 0.15) is 0 Å². The van der Waals surface area contributed by atoms with Gasteiger partial charge < -0.3 is 10.2 Å². The molecule has 1 aliphatic heterocycles. The molecule has 1 N–H and O–H groups in total. The SMILES string of the molecule is O=C(Nc1cccc(Cl)c1Cl)c1ccc2c(c1)N(Cc1cccc(Cl)c1)C(=O)c1ccccc1[S@]2=O. The molecule has 0 saturated heterocycles. The third-order valence-corrected chi connectivity index (χ3v) is 8.26. The fourth-order valence-electron chi connectivity index (χ4n) is 3.97. The topological polar surface area (TPSA) is 66.5 Å². The van der Waals surface area contributed by atoms with Crippen molar-refractivity contribution in [3.05, 3.63) is 117 Å². The molecule has 0 saturated carbocycles. The van der Waals surface area contributed by atoms with Crippen LogP contribution >= 0.6 is 34.8 Å². The van der Waals surface area contributed by atoms with E-state index in [2.05, 4.69) is 5.32 Å². The Morgan fingerprint density at radius 2 is 1.64 bits per heavy atom. The van der Waals surface area contributed by atoms with E-state index >= 15 is 0 Å². The minimum absolute atomic E-state index is 0.170. The van der Waals surface area contributed by atoms with Crippen LogP contribution in [0.3, 0.4) is 0 Å². The fourth-order valence-corrected chi connectivity index (χ4v) is 5.88. The van der Waals surface area contributed by atoms with Gasteiger partial charge in [-0.25, -0.2) is 4.21 Å². The molecule has 0 aromatic heterocycles. The molecular weight excluding hydrogens is 539 g/mol. The van der Waals surface area contributed by atoms with Crippen LogP contribution in [-0.2, 0) is 17.3 Å². The Bertz CT molecular complexity index is 1560. The van der Waals surface area contributed by atoms with Crippen molar-refractivity contribution in [2.75, 3.05) is 10.2 Å². The normalized spacial score (nSPS) is 14.6. The molecule has 1 atom stereocenters. The highest BCUT2D eigenvalue weighted by Gasteiger charge is 2.31. The van der Waals surface area contributed by atoms with Crippen LogP contribution in [0.25, 0.3) is 0 Å². The summed E-state index contributed by atoms with van der Waals surface area (Å²) in [6.45, 7) is 0.170. The number of anilines is 2. The van der Waals surface area contributed by atoms with Gasteiger partial charge in [-0.2, -0.15) is 0 Å². The molecule has 0 spiro atoms. The molecule has 0 bridgehead atoms. The van der Waals surface area contributed by atoms with Crippen LogP contribution in [0.4, 0.5) is 11.4 Å². The first-order valence-electron chi connectivity index (χ1n) is 10.8. The summed E-state index contributed by atoms with van der Waals surface area (Å²) in [5, 5.41) is 3.81. The second-order valence-electron chi connectivity index (χ2n) is 8.02. The fraction of sp³-hybridized carbons (Fsp3) is 0.0370. The lowest BCUT2D eigenvalue weighted by Crippen LogP contribution is -2.30. The molecule has 5 nitrogen and oxygen atoms in total. The molecule has 4 aromatic rings. The summed E-state index contributed by atoms with van der Waals surface area (Å²) in [7, 11) is -1.64. The van der Waals surface area contributed by atoms with Gasteiger partial charge in [0.05, 0.1) is 54.1 Å². The van der Waals surface area contributed by atoms with Crippen LogP contribution in [-0.4, -0.2) is 16.0 Å². The molecule has 36 heavy (non-hydrogen) atoms. The summed E-state index contributed by atoms with van der Waals surface area (Å²) in [5.74, 6) is -0.780. The van der Waals surface area contributed by atoms with Crippen molar-refractivity contribution >= 4 is 68.8 Å². The number of hydrogen-bond acceptors (Lipinski definition) is 3. The molecular formula is C27H17Cl3N2O3S. The number of benzene rings is 4. The monoisotopic (exact) mass is 554 g/mol. The van der Waals surface area contributed by atoms with Crippen molar-refractivity contribution in [1.29, 1.82) is 0 Å². The third kappa shape index (κ3) is 4.65. The van der Waals surface area contributed by atoms with E-state index in [1.54, 1.807) is 78.9 Å². The second-order valence-corrected chi connectivity index (χ2v) is 10.7. The van der Waals surface area contributed by atoms with Crippen LogP contribution < -0.4 is 10.2 Å². The highest BCUT2D eigenvalue weighted by Crippen LogP contribution is 2.37. The average Bonchev–Trinajstić information content (AvgIpc) is 2.96. The lowest BCUT2D eigenvalue weighted by atomic mass is 10.1. The number of carbonyl (C=O) groups is 2. The van der Waals surface area contributed by atoms with E-state index in [1.807, 2.05) is 6.07 Å². The molecule has 180 valence electrons. The lowest BCUT2D eigenvalue weighted by molar-refractivity contribution is 0.0979. The van der Waals surface area contributed by atoms with Crippen molar-refractivity contribution < 1.29 is 13.8 Å². The van der Waals surface area contributed by atoms with Gasteiger partial charge in [-0.15, -0.1) is 0 Å². The average molecular weight is 556 g/mol. The minimum atomic E-state index is -1.64. The molecule has 0 aliphatic carbocycles. The highest BCUT2D eigenvalue weighted by atomic mass is 35.5. The Morgan fingerprint density at radius 1 is 0.861 bits per heavy atom. The van der Waals surface area contributed by atoms with E-state index in [0.717, 1.165) is 5.56 Å². The number of nitrogens with one attached hydrogen (secondary N) is 1. The van der Waals surface area contributed by atoms with E-state index in [-0.39, 0.29) is 23.0 Å². The summed E-state index contributed by atoms with van der Waals surface area (Å²) in [5.41, 5.74) is 2.11. The van der Waals surface area contributed by atoms with E-state index in [0.29, 0.717) is 36.8 Å². The molecule has 9 heteroatoms. The summed E-state index contributed by atoms with van der Waals surface area (Å²) in [6.07, 6.45) is 0. The maximum atomic E-state index is 13.7. The smallest absolute Gasteiger partial charge is 0.259 e. The van der Waals surface area contributed by atoms with Gasteiger partial charge in [0.25, 0.3) is 11.8 Å². The van der Waals surface area contributed by atoms with Gasteiger partial charge in [0.2, 0.25) is 0 Å². The number of amides is 2. The Balaban J connectivity index is 1.60. The van der Waals surface area contributed by atoms with Gasteiger partial charge in [-0.1, -0.05) is 65.1 Å². The lowest BCUT2D eigenvalue weighted by Gasteiger charge is -2.24. The van der Waals surface area contributed by atoms with Crippen LogP contribution in [0.5, 0.6) is 0 Å². The first-order chi connectivity index (χ1) is 17.3. The van der Waals surface area contributed by atoms with E-state index in [1.165, 1.54) is 4.90 Å². The summed E-state index contributed by atoms with van der Waals surface area (Å²) < 4.78 is 13.6. The predicted octanol–water partition coefficient (Wildman–Crippen LogP) is 7.23. The zero-order valence-corrected chi connectivity index (χ0v) is 21.6. The zero-order chi connectivity index (χ0) is 25.4. The van der Waals surface area contributed by atoms with Gasteiger partial charge in [-0.3, -0.25) is 9.59 Å². The van der Waals surface area contributed by atoms with Gasteiger partial charge >= 0.3 is 0 Å². The van der Waals surface area contributed by atoms with Crippen molar-refractivity contribution in [3.63, 3.8) is 0 Å². The molecule has 1 aliphatic rings. The number of carbonyl (C=O) groups excluding carboxylic acids is 2. The maximum absolute atomic E-state index is 13.7. The van der Waals surface area contributed by atoms with Crippen molar-refractivity contribution in [3.8, 4) is 0 Å². The second kappa shape index (κ2) is 10.1. The van der Waals surface area contributed by atoms with Crippen molar-refractivity contribution in [2.45, 2.75) is 16.3 Å². The molecule has 0 fully saturated rings. The van der Waals surface area contributed by atoms with Crippen molar-refractivity contribution in [2.24, 2.45) is 0 Å². The van der Waals surface area contributed by atoms with Gasteiger partial charge in [-0.05, 0) is 60.2 Å². The number of fused-ring (bicyclic) bond motifs is 2. The van der Waals surface area contributed by atoms with Crippen LogP contribution in [0.1, 0.15) is 26.3 Å². The Morgan fingerprint density at radius 3 is 2.44 bits per heavy atom. The number of halogens is 3. The predicted molar refractivity (Wildman–Crippen MR) is 144 cm³/mol.